The van der Waals surface area contributed by atoms with E-state index in [1.165, 1.54) is 6.42 Å². The van der Waals surface area contributed by atoms with Crippen LogP contribution in [-0.4, -0.2) is 58.4 Å². The summed E-state index contributed by atoms with van der Waals surface area (Å²) < 4.78 is 6.23. The van der Waals surface area contributed by atoms with Gasteiger partial charge in [-0.15, -0.1) is 0 Å². The molecule has 1 aliphatic carbocycles. The van der Waals surface area contributed by atoms with Gasteiger partial charge in [0.2, 0.25) is 5.91 Å². The molecule has 1 aromatic heterocycles. The van der Waals surface area contributed by atoms with E-state index in [-0.39, 0.29) is 30.5 Å². The van der Waals surface area contributed by atoms with E-state index in [9.17, 15) is 9.59 Å². The Kier molecular flexibility index (Phi) is 6.74. The van der Waals surface area contributed by atoms with Gasteiger partial charge in [-0.25, -0.2) is 0 Å². The molecular weight excluding hydrogens is 378 g/mol. The van der Waals surface area contributed by atoms with Crippen LogP contribution in [0.3, 0.4) is 0 Å². The third kappa shape index (κ3) is 5.05. The fourth-order valence-electron chi connectivity index (χ4n) is 4.39. The van der Waals surface area contributed by atoms with Crippen LogP contribution in [0.5, 0.6) is 0 Å². The molecule has 1 saturated carbocycles. The van der Waals surface area contributed by atoms with Crippen molar-refractivity contribution in [1.29, 1.82) is 0 Å². The number of aromatic nitrogens is 1. The van der Waals surface area contributed by atoms with Gasteiger partial charge in [-0.05, 0) is 30.5 Å². The van der Waals surface area contributed by atoms with E-state index in [1.54, 1.807) is 29.3 Å². The fraction of sp³-hybridized carbons (Fsp3) is 0.458. The quantitative estimate of drug-likeness (QED) is 0.763. The zero-order chi connectivity index (χ0) is 20.8. The van der Waals surface area contributed by atoms with E-state index < -0.39 is 0 Å². The Balaban J connectivity index is 1.52. The number of hydrogen-bond donors (Lipinski definition) is 0. The van der Waals surface area contributed by atoms with Crippen molar-refractivity contribution < 1.29 is 14.3 Å². The zero-order valence-electron chi connectivity index (χ0n) is 17.3. The van der Waals surface area contributed by atoms with E-state index in [0.29, 0.717) is 25.4 Å². The van der Waals surface area contributed by atoms with E-state index in [4.69, 9.17) is 4.74 Å². The molecule has 1 atom stereocenters. The number of carbonyl (C=O) groups excluding carboxylic acids is 2. The Morgan fingerprint density at radius 1 is 1.00 bits per heavy atom. The van der Waals surface area contributed by atoms with Crippen molar-refractivity contribution >= 4 is 11.8 Å². The van der Waals surface area contributed by atoms with Crippen molar-refractivity contribution in [3.63, 3.8) is 0 Å². The number of rotatable bonds is 5. The van der Waals surface area contributed by atoms with E-state index in [1.807, 2.05) is 35.2 Å². The maximum Gasteiger partial charge on any atom is 0.273 e. The smallest absolute Gasteiger partial charge is 0.273 e. The van der Waals surface area contributed by atoms with E-state index in [2.05, 4.69) is 4.98 Å². The van der Waals surface area contributed by atoms with Crippen molar-refractivity contribution in [2.75, 3.05) is 19.6 Å². The lowest BCUT2D eigenvalue weighted by atomic mass is 9.94. The molecule has 158 valence electrons. The average molecular weight is 408 g/mol. The molecule has 0 bridgehead atoms. The average Bonchev–Trinajstić information content (AvgIpc) is 2.98. The summed E-state index contributed by atoms with van der Waals surface area (Å²) in [6, 6.07) is 15.5. The summed E-state index contributed by atoms with van der Waals surface area (Å²) in [5, 5.41) is 0. The largest absolute Gasteiger partial charge is 0.370 e. The SMILES string of the molecule is O=C(c1ccccn1)N1CC(=O)N(C2CCCCC2)CC(OCc2ccccc2)C1. The molecule has 0 spiro atoms. The number of carbonyl (C=O) groups is 2. The summed E-state index contributed by atoms with van der Waals surface area (Å²) in [6.07, 6.45) is 6.98. The van der Waals surface area contributed by atoms with Crippen LogP contribution in [-0.2, 0) is 16.1 Å². The van der Waals surface area contributed by atoms with E-state index >= 15 is 0 Å². The maximum atomic E-state index is 13.1. The molecule has 0 N–H and O–H groups in total. The van der Waals surface area contributed by atoms with Crippen LogP contribution in [0.25, 0.3) is 0 Å². The van der Waals surface area contributed by atoms with Crippen LogP contribution < -0.4 is 0 Å². The Labute approximate surface area is 177 Å². The normalized spacial score (nSPS) is 20.8. The maximum absolute atomic E-state index is 13.1. The summed E-state index contributed by atoms with van der Waals surface area (Å²) >= 11 is 0. The summed E-state index contributed by atoms with van der Waals surface area (Å²) in [7, 11) is 0. The molecule has 6 heteroatoms. The van der Waals surface area contributed by atoms with Gasteiger partial charge >= 0.3 is 0 Å². The van der Waals surface area contributed by atoms with Crippen molar-refractivity contribution in [2.45, 2.75) is 50.9 Å². The highest BCUT2D eigenvalue weighted by Gasteiger charge is 2.35. The molecule has 4 rings (SSSR count). The number of amides is 2. The summed E-state index contributed by atoms with van der Waals surface area (Å²) in [5.41, 5.74) is 1.44. The van der Waals surface area contributed by atoms with Gasteiger partial charge in [0.25, 0.3) is 5.91 Å². The first-order valence-electron chi connectivity index (χ1n) is 10.9. The monoisotopic (exact) mass is 407 g/mol. The van der Waals surface area contributed by atoms with Crippen LogP contribution in [0.15, 0.2) is 54.7 Å². The van der Waals surface area contributed by atoms with Crippen LogP contribution in [0.1, 0.15) is 48.2 Å². The first kappa shape index (κ1) is 20.5. The minimum absolute atomic E-state index is 0.0111. The first-order valence-corrected chi connectivity index (χ1v) is 10.9. The van der Waals surface area contributed by atoms with Crippen LogP contribution in [0.4, 0.5) is 0 Å². The highest BCUT2D eigenvalue weighted by Crippen LogP contribution is 2.25. The Bertz CT molecular complexity index is 837. The molecular formula is C24H29N3O3. The molecule has 2 fully saturated rings. The molecule has 2 aromatic rings. The summed E-state index contributed by atoms with van der Waals surface area (Å²) in [6.45, 7) is 1.46. The van der Waals surface area contributed by atoms with Crippen molar-refractivity contribution in [3.8, 4) is 0 Å². The minimum Gasteiger partial charge on any atom is -0.370 e. The molecule has 1 unspecified atom stereocenters. The van der Waals surface area contributed by atoms with Crippen molar-refractivity contribution in [3.05, 3.63) is 66.0 Å². The second-order valence-electron chi connectivity index (χ2n) is 8.16. The summed E-state index contributed by atoms with van der Waals surface area (Å²) in [4.78, 5) is 33.9. The number of hydrogen-bond acceptors (Lipinski definition) is 4. The highest BCUT2D eigenvalue weighted by molar-refractivity contribution is 5.95. The molecule has 1 saturated heterocycles. The van der Waals surface area contributed by atoms with Crippen LogP contribution >= 0.6 is 0 Å². The molecule has 2 amide bonds. The number of pyridine rings is 1. The van der Waals surface area contributed by atoms with Gasteiger partial charge in [-0.1, -0.05) is 55.7 Å². The number of nitrogens with zero attached hydrogens (tertiary/aromatic N) is 3. The van der Waals surface area contributed by atoms with Gasteiger partial charge in [-0.3, -0.25) is 14.6 Å². The van der Waals surface area contributed by atoms with Crippen LogP contribution in [0.2, 0.25) is 0 Å². The Hall–Kier alpha value is -2.73. The predicted molar refractivity (Wildman–Crippen MR) is 114 cm³/mol. The molecule has 0 radical (unpaired) electrons. The second kappa shape index (κ2) is 9.85. The van der Waals surface area contributed by atoms with Crippen molar-refractivity contribution in [2.24, 2.45) is 0 Å². The predicted octanol–water partition coefficient (Wildman–Crippen LogP) is 3.28. The molecule has 1 aliphatic heterocycles. The van der Waals surface area contributed by atoms with Gasteiger partial charge in [0.1, 0.15) is 12.2 Å². The van der Waals surface area contributed by atoms with Gasteiger partial charge in [0.15, 0.2) is 0 Å². The lowest BCUT2D eigenvalue weighted by molar-refractivity contribution is -0.134. The molecule has 6 nitrogen and oxygen atoms in total. The number of ether oxygens (including phenoxy) is 1. The Morgan fingerprint density at radius 2 is 1.77 bits per heavy atom. The zero-order valence-corrected chi connectivity index (χ0v) is 17.3. The second-order valence-corrected chi connectivity index (χ2v) is 8.16. The van der Waals surface area contributed by atoms with Crippen LogP contribution in [0, 0.1) is 0 Å². The molecule has 2 aliphatic rings. The van der Waals surface area contributed by atoms with Gasteiger partial charge < -0.3 is 14.5 Å². The Morgan fingerprint density at radius 3 is 2.50 bits per heavy atom. The topological polar surface area (TPSA) is 62.7 Å². The molecule has 30 heavy (non-hydrogen) atoms. The van der Waals surface area contributed by atoms with E-state index in [0.717, 1.165) is 31.2 Å². The lowest BCUT2D eigenvalue weighted by Crippen LogP contribution is -2.46. The molecule has 2 heterocycles. The summed E-state index contributed by atoms with van der Waals surface area (Å²) in [5.74, 6) is -0.209. The third-order valence-corrected chi connectivity index (χ3v) is 5.99. The lowest BCUT2D eigenvalue weighted by Gasteiger charge is -2.34. The highest BCUT2D eigenvalue weighted by atomic mass is 16.5. The standard InChI is InChI=1S/C24H29N3O3/c28-23-17-26(24(29)22-13-7-8-14-25-22)15-21(30-18-19-9-3-1-4-10-19)16-27(23)20-11-5-2-6-12-20/h1,3-4,7-10,13-14,20-21H,2,5-6,11-12,15-18H2. The van der Waals surface area contributed by atoms with Gasteiger partial charge in [0, 0.05) is 25.3 Å². The van der Waals surface area contributed by atoms with Gasteiger partial charge in [0.05, 0.1) is 12.7 Å². The minimum atomic E-state index is -0.230. The third-order valence-electron chi connectivity index (χ3n) is 5.99. The van der Waals surface area contributed by atoms with Gasteiger partial charge in [-0.2, -0.15) is 0 Å². The first-order chi connectivity index (χ1) is 14.7. The number of benzene rings is 1. The fourth-order valence-corrected chi connectivity index (χ4v) is 4.39. The van der Waals surface area contributed by atoms with Crippen molar-refractivity contribution in [1.82, 2.24) is 14.8 Å². The molecule has 1 aromatic carbocycles.